The van der Waals surface area contributed by atoms with Crippen LogP contribution >= 0.6 is 10.5 Å². The molecule has 5 rings (SSSR count). The minimum Gasteiger partial charge on any atom is -0.478 e. The number of amides is 1. The molecule has 1 unspecified atom stereocenters. The summed E-state index contributed by atoms with van der Waals surface area (Å²) < 4.78 is 0. The third-order valence-corrected chi connectivity index (χ3v) is 7.54. The Kier molecular flexibility index (Phi) is 4.59. The van der Waals surface area contributed by atoms with E-state index in [9.17, 15) is 14.7 Å². The van der Waals surface area contributed by atoms with E-state index in [1.54, 1.807) is 18.2 Å². The average Bonchev–Trinajstić information content (AvgIpc) is 3.49. The first kappa shape index (κ1) is 19.8. The summed E-state index contributed by atoms with van der Waals surface area (Å²) in [5.74, 6) is 3.41. The highest BCUT2D eigenvalue weighted by Gasteiger charge is 2.67. The molecule has 1 saturated carbocycles. The molecule has 1 aliphatic carbocycles. The van der Waals surface area contributed by atoms with Gasteiger partial charge in [-0.1, -0.05) is 48.3 Å². The molecule has 3 atom stereocenters. The minimum atomic E-state index is -0.964. The van der Waals surface area contributed by atoms with Crippen LogP contribution in [0, 0.1) is 0 Å². The lowest BCUT2D eigenvalue weighted by molar-refractivity contribution is -0.120. The van der Waals surface area contributed by atoms with Crippen LogP contribution in [0.2, 0.25) is 0 Å². The fourth-order valence-electron chi connectivity index (χ4n) is 4.83. The number of rotatable bonds is 5. The third-order valence-electron chi connectivity index (χ3n) is 6.46. The summed E-state index contributed by atoms with van der Waals surface area (Å²) in [7, 11) is -0.0345. The second-order valence-corrected chi connectivity index (χ2v) is 10.1. The van der Waals surface area contributed by atoms with Crippen LogP contribution in [-0.4, -0.2) is 29.1 Å². The monoisotopic (exact) mass is 429 g/mol. The largest absolute Gasteiger partial charge is 0.478 e. The Morgan fingerprint density at radius 1 is 1.13 bits per heavy atom. The molecule has 1 aliphatic heterocycles. The Bertz CT molecular complexity index is 1230. The lowest BCUT2D eigenvalue weighted by Crippen LogP contribution is -2.32. The molecular weight excluding hydrogens is 406 g/mol. The second kappa shape index (κ2) is 7.20. The van der Waals surface area contributed by atoms with Gasteiger partial charge in [0.1, 0.15) is 0 Å². The summed E-state index contributed by atoms with van der Waals surface area (Å²) in [4.78, 5) is 28.1. The van der Waals surface area contributed by atoms with Crippen LogP contribution in [-0.2, 0) is 16.8 Å². The summed E-state index contributed by atoms with van der Waals surface area (Å²) in [6.07, 6.45) is 2.90. The zero-order valence-electron chi connectivity index (χ0n) is 17.2. The molecule has 0 saturated heterocycles. The molecule has 1 fully saturated rings. The van der Waals surface area contributed by atoms with Gasteiger partial charge in [0.15, 0.2) is 0 Å². The van der Waals surface area contributed by atoms with Crippen LogP contribution in [0.25, 0.3) is 0 Å². The zero-order chi connectivity index (χ0) is 21.8. The van der Waals surface area contributed by atoms with E-state index in [1.165, 1.54) is 10.5 Å². The first-order valence-corrected chi connectivity index (χ1v) is 12.0. The van der Waals surface area contributed by atoms with Crippen LogP contribution in [0.3, 0.4) is 0 Å². The summed E-state index contributed by atoms with van der Waals surface area (Å²) in [5.41, 5.74) is 3.73. The van der Waals surface area contributed by atoms with E-state index in [2.05, 4.69) is 42.5 Å². The molecule has 3 aromatic rings. The molecule has 1 spiro atoms. The van der Waals surface area contributed by atoms with Gasteiger partial charge in [0.25, 0.3) is 0 Å². The van der Waals surface area contributed by atoms with E-state index in [0.717, 1.165) is 23.2 Å². The molecule has 0 radical (unpaired) electrons. The van der Waals surface area contributed by atoms with Gasteiger partial charge in [-0.25, -0.2) is 4.79 Å². The van der Waals surface area contributed by atoms with E-state index in [1.807, 2.05) is 29.2 Å². The topological polar surface area (TPSA) is 57.6 Å². The number of carboxylic acids is 1. The number of hydrogen-bond donors (Lipinski definition) is 1. The SMILES string of the molecule is C=S(C)c1ccc([C@H]2C[C@@]23C(=O)N(Cc2cccc(C(=O)O)c2)c2ccccc23)cc1. The molecule has 2 aliphatic rings. The van der Waals surface area contributed by atoms with Gasteiger partial charge in [0, 0.05) is 16.5 Å². The molecule has 4 nitrogen and oxygen atoms in total. The van der Waals surface area contributed by atoms with Gasteiger partial charge in [-0.3, -0.25) is 4.79 Å². The number of aromatic carboxylic acids is 1. The normalized spacial score (nSPS) is 22.4. The second-order valence-electron chi connectivity index (χ2n) is 8.35. The highest BCUT2D eigenvalue weighted by molar-refractivity contribution is 8.13. The van der Waals surface area contributed by atoms with Gasteiger partial charge in [0.2, 0.25) is 5.91 Å². The minimum absolute atomic E-state index is 0.0345. The van der Waals surface area contributed by atoms with Crippen molar-refractivity contribution >= 4 is 33.9 Å². The quantitative estimate of drug-likeness (QED) is 0.578. The number of fused-ring (bicyclic) bond motifs is 2. The molecule has 3 aromatic carbocycles. The van der Waals surface area contributed by atoms with Crippen LogP contribution < -0.4 is 4.90 Å². The molecule has 0 bridgehead atoms. The predicted octanol–water partition coefficient (Wildman–Crippen LogP) is 5.05. The van der Waals surface area contributed by atoms with Crippen molar-refractivity contribution in [1.29, 1.82) is 0 Å². The Hall–Kier alpha value is -3.18. The van der Waals surface area contributed by atoms with Crippen LogP contribution in [0.1, 0.15) is 39.4 Å². The highest BCUT2D eigenvalue weighted by Crippen LogP contribution is 2.66. The van der Waals surface area contributed by atoms with Gasteiger partial charge < -0.3 is 10.0 Å². The first-order chi connectivity index (χ1) is 14.9. The fourth-order valence-corrected chi connectivity index (χ4v) is 5.43. The highest BCUT2D eigenvalue weighted by atomic mass is 32.2. The van der Waals surface area contributed by atoms with Crippen molar-refractivity contribution in [2.75, 3.05) is 11.2 Å². The molecule has 0 aromatic heterocycles. The smallest absolute Gasteiger partial charge is 0.335 e. The van der Waals surface area contributed by atoms with Crippen LogP contribution in [0.4, 0.5) is 5.69 Å². The number of carbonyl (C=O) groups is 2. The summed E-state index contributed by atoms with van der Waals surface area (Å²) in [5, 5.41) is 9.30. The summed E-state index contributed by atoms with van der Waals surface area (Å²) in [6.45, 7) is 0.366. The standard InChI is InChI=1S/C26H23NO3S/c1-31(2)20-12-10-18(11-13-20)22-15-26(22)21-8-3-4-9-23(21)27(25(26)30)16-17-6-5-7-19(14-17)24(28)29/h3-14,22H,1,15-16H2,2H3,(H,28,29)/t22-,26+,31?/m1/s1. The number of nitrogens with zero attached hydrogens (tertiary/aromatic N) is 1. The maximum atomic E-state index is 13.7. The molecule has 1 amide bonds. The van der Waals surface area contributed by atoms with E-state index in [-0.39, 0.29) is 27.9 Å². The third kappa shape index (κ3) is 3.12. The Morgan fingerprint density at radius 2 is 1.87 bits per heavy atom. The Morgan fingerprint density at radius 3 is 2.58 bits per heavy atom. The lowest BCUT2D eigenvalue weighted by Gasteiger charge is -2.19. The van der Waals surface area contributed by atoms with Gasteiger partial charge in [-0.05, 0) is 59.7 Å². The molecule has 156 valence electrons. The van der Waals surface area contributed by atoms with Crippen molar-refractivity contribution in [2.45, 2.75) is 29.2 Å². The van der Waals surface area contributed by atoms with Crippen molar-refractivity contribution in [3.8, 4) is 0 Å². The van der Waals surface area contributed by atoms with Gasteiger partial charge in [0.05, 0.1) is 17.5 Å². The fraction of sp³-hybridized carbons (Fsp3) is 0.192. The zero-order valence-corrected chi connectivity index (χ0v) is 18.1. The summed E-state index contributed by atoms with van der Waals surface area (Å²) >= 11 is 0. The van der Waals surface area contributed by atoms with Crippen molar-refractivity contribution in [3.63, 3.8) is 0 Å². The number of carboxylic acid groups (broad SMARTS) is 1. The Labute approximate surface area is 184 Å². The first-order valence-electron chi connectivity index (χ1n) is 10.2. The molecule has 1 N–H and O–H groups in total. The van der Waals surface area contributed by atoms with Crippen molar-refractivity contribution in [1.82, 2.24) is 0 Å². The maximum absolute atomic E-state index is 13.7. The molecule has 1 heterocycles. The molecule has 31 heavy (non-hydrogen) atoms. The average molecular weight is 430 g/mol. The lowest BCUT2D eigenvalue weighted by atomic mass is 9.92. The number of benzene rings is 3. The predicted molar refractivity (Wildman–Crippen MR) is 125 cm³/mol. The Balaban J connectivity index is 1.49. The van der Waals surface area contributed by atoms with Crippen LogP contribution in [0.15, 0.2) is 77.7 Å². The maximum Gasteiger partial charge on any atom is 0.335 e. The van der Waals surface area contributed by atoms with E-state index in [0.29, 0.717) is 6.54 Å². The van der Waals surface area contributed by atoms with Crippen molar-refractivity contribution in [3.05, 3.63) is 95.1 Å². The van der Waals surface area contributed by atoms with Crippen molar-refractivity contribution < 1.29 is 14.7 Å². The molecule has 5 heteroatoms. The van der Waals surface area contributed by atoms with Crippen molar-refractivity contribution in [2.24, 2.45) is 0 Å². The number of carbonyl (C=O) groups excluding carboxylic acids is 1. The van der Waals surface area contributed by atoms with E-state index >= 15 is 0 Å². The van der Waals surface area contributed by atoms with Gasteiger partial charge in [-0.2, -0.15) is 10.5 Å². The number of para-hydroxylation sites is 1. The van der Waals surface area contributed by atoms with Gasteiger partial charge in [-0.15, -0.1) is 0 Å². The van der Waals surface area contributed by atoms with E-state index < -0.39 is 11.4 Å². The van der Waals surface area contributed by atoms with E-state index in [4.69, 9.17) is 0 Å². The number of hydrogen-bond acceptors (Lipinski definition) is 2. The summed E-state index contributed by atoms with van der Waals surface area (Å²) in [6, 6.07) is 23.3. The van der Waals surface area contributed by atoms with Gasteiger partial charge >= 0.3 is 5.97 Å². The number of anilines is 1. The van der Waals surface area contributed by atoms with Crippen LogP contribution in [0.5, 0.6) is 0 Å². The molecular formula is C26H23NO3S.